The number of carbonyl (C=O) groups is 2. The summed E-state index contributed by atoms with van der Waals surface area (Å²) in [4.78, 5) is 28.3. The highest BCUT2D eigenvalue weighted by atomic mass is 35.5. The van der Waals surface area contributed by atoms with Crippen LogP contribution in [0.15, 0.2) is 0 Å². The van der Waals surface area contributed by atoms with Gasteiger partial charge in [-0.2, -0.15) is 0 Å². The molecule has 0 spiro atoms. The highest BCUT2D eigenvalue weighted by Gasteiger charge is 2.22. The maximum atomic E-state index is 12.1. The van der Waals surface area contributed by atoms with Gasteiger partial charge in [0, 0.05) is 45.6 Å². The summed E-state index contributed by atoms with van der Waals surface area (Å²) in [6.45, 7) is 8.21. The molecular formula is C17H34Cl2N4O2. The van der Waals surface area contributed by atoms with Gasteiger partial charge < -0.3 is 20.4 Å². The van der Waals surface area contributed by atoms with E-state index in [1.807, 2.05) is 4.90 Å². The average molecular weight is 397 g/mol. The Morgan fingerprint density at radius 2 is 1.88 bits per heavy atom. The van der Waals surface area contributed by atoms with E-state index >= 15 is 0 Å². The van der Waals surface area contributed by atoms with E-state index in [9.17, 15) is 9.59 Å². The molecule has 2 N–H and O–H groups in total. The van der Waals surface area contributed by atoms with Crippen molar-refractivity contribution in [2.75, 3.05) is 52.9 Å². The summed E-state index contributed by atoms with van der Waals surface area (Å²) in [5, 5.41) is 6.32. The first kappa shape index (κ1) is 24.4. The van der Waals surface area contributed by atoms with Crippen molar-refractivity contribution in [3.8, 4) is 0 Å². The molecule has 2 amide bonds. The summed E-state index contributed by atoms with van der Waals surface area (Å²) < 4.78 is 0. The van der Waals surface area contributed by atoms with Gasteiger partial charge >= 0.3 is 0 Å². The number of hydrogen-bond donors (Lipinski definition) is 2. The van der Waals surface area contributed by atoms with E-state index in [2.05, 4.69) is 29.5 Å². The Morgan fingerprint density at radius 3 is 2.48 bits per heavy atom. The minimum atomic E-state index is 0. The first-order chi connectivity index (χ1) is 11.1. The van der Waals surface area contributed by atoms with Gasteiger partial charge in [0.1, 0.15) is 0 Å². The zero-order valence-corrected chi connectivity index (χ0v) is 17.1. The van der Waals surface area contributed by atoms with E-state index in [1.165, 1.54) is 12.8 Å². The maximum Gasteiger partial charge on any atom is 0.224 e. The Morgan fingerprint density at radius 1 is 1.20 bits per heavy atom. The number of halogens is 2. The van der Waals surface area contributed by atoms with Crippen LogP contribution in [0.4, 0.5) is 0 Å². The van der Waals surface area contributed by atoms with E-state index < -0.39 is 0 Å². The maximum absolute atomic E-state index is 12.1. The molecule has 6 nitrogen and oxygen atoms in total. The molecule has 2 saturated heterocycles. The number of hydrogen-bond acceptors (Lipinski definition) is 4. The lowest BCUT2D eigenvalue weighted by Gasteiger charge is -2.32. The molecule has 148 valence electrons. The number of nitrogens with zero attached hydrogens (tertiary/aromatic N) is 2. The predicted molar refractivity (Wildman–Crippen MR) is 106 cm³/mol. The molecule has 2 aliphatic heterocycles. The molecular weight excluding hydrogens is 363 g/mol. The SMILES string of the molecule is CC(CC(=O)NCCC(=O)N1CCN(C)CC1)C1CCCNC1.Cl.Cl. The van der Waals surface area contributed by atoms with Crippen LogP contribution in [0.3, 0.4) is 0 Å². The van der Waals surface area contributed by atoms with Gasteiger partial charge in [0.05, 0.1) is 0 Å². The van der Waals surface area contributed by atoms with Crippen LogP contribution in [-0.2, 0) is 9.59 Å². The number of likely N-dealkylation sites (N-methyl/N-ethyl adjacent to an activating group) is 1. The fraction of sp³-hybridized carbons (Fsp3) is 0.882. The van der Waals surface area contributed by atoms with Gasteiger partial charge in [-0.05, 0) is 44.8 Å². The minimum Gasteiger partial charge on any atom is -0.356 e. The number of piperidine rings is 1. The molecule has 2 heterocycles. The third kappa shape index (κ3) is 8.58. The highest BCUT2D eigenvalue weighted by Crippen LogP contribution is 2.22. The summed E-state index contributed by atoms with van der Waals surface area (Å²) in [7, 11) is 2.07. The Kier molecular flexibility index (Phi) is 12.5. The second-order valence-corrected chi connectivity index (χ2v) is 7.07. The first-order valence-electron chi connectivity index (χ1n) is 9.00. The number of nitrogens with one attached hydrogen (secondary N) is 2. The lowest BCUT2D eigenvalue weighted by atomic mass is 9.85. The highest BCUT2D eigenvalue weighted by molar-refractivity contribution is 5.85. The van der Waals surface area contributed by atoms with E-state index in [0.29, 0.717) is 31.2 Å². The van der Waals surface area contributed by atoms with Gasteiger partial charge in [-0.25, -0.2) is 0 Å². The predicted octanol–water partition coefficient (Wildman–Crippen LogP) is 1.14. The molecule has 2 atom stereocenters. The first-order valence-corrected chi connectivity index (χ1v) is 9.00. The fourth-order valence-corrected chi connectivity index (χ4v) is 3.42. The molecule has 2 aliphatic rings. The van der Waals surface area contributed by atoms with E-state index in [1.54, 1.807) is 0 Å². The van der Waals surface area contributed by atoms with Crippen LogP contribution in [-0.4, -0.2) is 74.5 Å². The van der Waals surface area contributed by atoms with E-state index in [0.717, 1.165) is 39.3 Å². The molecule has 0 saturated carbocycles. The van der Waals surface area contributed by atoms with Gasteiger partial charge in [-0.3, -0.25) is 9.59 Å². The van der Waals surface area contributed by atoms with E-state index in [-0.39, 0.29) is 36.6 Å². The van der Waals surface area contributed by atoms with Crippen molar-refractivity contribution in [2.24, 2.45) is 11.8 Å². The topological polar surface area (TPSA) is 64.7 Å². The molecule has 2 unspecified atom stereocenters. The van der Waals surface area contributed by atoms with Crippen LogP contribution in [0.25, 0.3) is 0 Å². The third-order valence-electron chi connectivity index (χ3n) is 5.16. The van der Waals surface area contributed by atoms with Gasteiger partial charge in [0.15, 0.2) is 0 Å². The molecule has 0 radical (unpaired) electrons. The number of carbonyl (C=O) groups excluding carboxylic acids is 2. The van der Waals surface area contributed by atoms with Gasteiger partial charge in [0.25, 0.3) is 0 Å². The van der Waals surface area contributed by atoms with Crippen LogP contribution in [0.2, 0.25) is 0 Å². The molecule has 25 heavy (non-hydrogen) atoms. The van der Waals surface area contributed by atoms with Crippen molar-refractivity contribution >= 4 is 36.6 Å². The molecule has 2 fully saturated rings. The van der Waals surface area contributed by atoms with Crippen LogP contribution in [0, 0.1) is 11.8 Å². The van der Waals surface area contributed by atoms with E-state index in [4.69, 9.17) is 0 Å². The largest absolute Gasteiger partial charge is 0.356 e. The van der Waals surface area contributed by atoms with Crippen LogP contribution < -0.4 is 10.6 Å². The lowest BCUT2D eigenvalue weighted by Crippen LogP contribution is -2.47. The molecule has 8 heteroatoms. The van der Waals surface area contributed by atoms with Gasteiger partial charge in [0.2, 0.25) is 11.8 Å². The van der Waals surface area contributed by atoms with Crippen molar-refractivity contribution < 1.29 is 9.59 Å². The van der Waals surface area contributed by atoms with Gasteiger partial charge in [-0.1, -0.05) is 6.92 Å². The molecule has 0 aromatic carbocycles. The fourth-order valence-electron chi connectivity index (χ4n) is 3.42. The Labute approximate surface area is 164 Å². The smallest absolute Gasteiger partial charge is 0.224 e. The molecule has 0 aromatic heterocycles. The normalized spacial score (nSPS) is 22.3. The van der Waals surface area contributed by atoms with Crippen molar-refractivity contribution in [1.29, 1.82) is 0 Å². The third-order valence-corrected chi connectivity index (χ3v) is 5.16. The van der Waals surface area contributed by atoms with Crippen LogP contribution >= 0.6 is 24.8 Å². The Balaban J connectivity index is 0.00000288. The van der Waals surface area contributed by atoms with Crippen LogP contribution in [0.5, 0.6) is 0 Å². The molecule has 2 rings (SSSR count). The van der Waals surface area contributed by atoms with Crippen LogP contribution in [0.1, 0.15) is 32.6 Å². The molecule has 0 bridgehead atoms. The minimum absolute atomic E-state index is 0. The Hall–Kier alpha value is -0.560. The zero-order valence-electron chi connectivity index (χ0n) is 15.5. The number of rotatable bonds is 6. The summed E-state index contributed by atoms with van der Waals surface area (Å²) in [6.07, 6.45) is 3.39. The van der Waals surface area contributed by atoms with Gasteiger partial charge in [-0.15, -0.1) is 24.8 Å². The average Bonchev–Trinajstić information content (AvgIpc) is 2.56. The monoisotopic (exact) mass is 396 g/mol. The summed E-state index contributed by atoms with van der Waals surface area (Å²) in [5.41, 5.74) is 0. The van der Waals surface area contributed by atoms with Crippen molar-refractivity contribution in [3.05, 3.63) is 0 Å². The number of amides is 2. The summed E-state index contributed by atoms with van der Waals surface area (Å²) >= 11 is 0. The standard InChI is InChI=1S/C17H32N4O2.2ClH/c1-14(15-4-3-6-18-13-15)12-16(22)19-7-5-17(23)21-10-8-20(2)9-11-21;;/h14-15,18H,3-13H2,1-2H3,(H,19,22);2*1H. The number of piperazine rings is 1. The Bertz CT molecular complexity index is 398. The van der Waals surface area contributed by atoms with Crippen molar-refractivity contribution in [2.45, 2.75) is 32.6 Å². The van der Waals surface area contributed by atoms with Crippen molar-refractivity contribution in [3.63, 3.8) is 0 Å². The second-order valence-electron chi connectivity index (χ2n) is 7.07. The quantitative estimate of drug-likeness (QED) is 0.706. The molecule has 0 aromatic rings. The second kappa shape index (κ2) is 12.7. The summed E-state index contributed by atoms with van der Waals surface area (Å²) in [5.74, 6) is 1.23. The van der Waals surface area contributed by atoms with Crippen molar-refractivity contribution in [1.82, 2.24) is 20.4 Å². The summed E-state index contributed by atoms with van der Waals surface area (Å²) in [6, 6.07) is 0. The lowest BCUT2D eigenvalue weighted by molar-refractivity contribution is -0.132. The zero-order chi connectivity index (χ0) is 16.7. The molecule has 0 aliphatic carbocycles.